The fourth-order valence-corrected chi connectivity index (χ4v) is 4.41. The number of piperidine rings is 1. The molecule has 0 aromatic rings. The van der Waals surface area contributed by atoms with Crippen LogP contribution < -0.4 is 0 Å². The Labute approximate surface area is 132 Å². The first kappa shape index (κ1) is 15.4. The lowest BCUT2D eigenvalue weighted by molar-refractivity contribution is 0.0941. The first-order valence-corrected chi connectivity index (χ1v) is 9.43. The average Bonchev–Trinajstić information content (AvgIpc) is 2.84. The van der Waals surface area contributed by atoms with E-state index in [-0.39, 0.29) is 6.03 Å². The van der Waals surface area contributed by atoms with Gasteiger partial charge in [-0.2, -0.15) is 11.8 Å². The van der Waals surface area contributed by atoms with Crippen molar-refractivity contribution in [2.24, 2.45) is 0 Å². The molecule has 2 amide bonds. The van der Waals surface area contributed by atoms with E-state index < -0.39 is 0 Å². The Balaban J connectivity index is 1.46. The number of amides is 2. The number of hydrogen-bond acceptors (Lipinski definition) is 4. The number of nitrogens with zero attached hydrogens (tertiary/aromatic N) is 3. The van der Waals surface area contributed by atoms with Gasteiger partial charge in [-0.3, -0.25) is 4.90 Å². The predicted molar refractivity (Wildman–Crippen MR) is 85.9 cm³/mol. The Morgan fingerprint density at radius 1 is 0.905 bits per heavy atom. The van der Waals surface area contributed by atoms with E-state index in [1.807, 2.05) is 16.7 Å². The van der Waals surface area contributed by atoms with Crippen molar-refractivity contribution in [3.05, 3.63) is 0 Å². The largest absolute Gasteiger partial charge is 0.380 e. The van der Waals surface area contributed by atoms with Crippen LogP contribution in [0.4, 0.5) is 4.79 Å². The standard InChI is InChI=1S/C15H27N3O2S/c19-15(18-8-12-21-13-9-18)17-5-2-14(3-6-17)16-4-1-10-20-11-7-16/h14H,1-13H2. The first-order chi connectivity index (χ1) is 10.3. The van der Waals surface area contributed by atoms with Crippen LogP contribution in [0.2, 0.25) is 0 Å². The highest BCUT2D eigenvalue weighted by Crippen LogP contribution is 2.20. The van der Waals surface area contributed by atoms with E-state index in [0.29, 0.717) is 6.04 Å². The van der Waals surface area contributed by atoms with Gasteiger partial charge < -0.3 is 14.5 Å². The summed E-state index contributed by atoms with van der Waals surface area (Å²) in [4.78, 5) is 19.2. The molecular weight excluding hydrogens is 286 g/mol. The van der Waals surface area contributed by atoms with E-state index in [2.05, 4.69) is 9.80 Å². The second-order valence-corrected chi connectivity index (χ2v) is 7.33. The van der Waals surface area contributed by atoms with Crippen molar-refractivity contribution in [1.29, 1.82) is 0 Å². The Morgan fingerprint density at radius 3 is 2.38 bits per heavy atom. The number of urea groups is 1. The predicted octanol–water partition coefficient (Wildman–Crippen LogP) is 1.34. The van der Waals surface area contributed by atoms with Crippen molar-refractivity contribution in [2.45, 2.75) is 25.3 Å². The quantitative estimate of drug-likeness (QED) is 0.732. The van der Waals surface area contributed by atoms with E-state index in [1.165, 1.54) is 0 Å². The van der Waals surface area contributed by atoms with Gasteiger partial charge in [0.05, 0.1) is 6.61 Å². The Kier molecular flexibility index (Phi) is 5.66. The maximum absolute atomic E-state index is 12.5. The number of likely N-dealkylation sites (tertiary alicyclic amines) is 1. The fraction of sp³-hybridized carbons (Fsp3) is 0.933. The maximum Gasteiger partial charge on any atom is 0.320 e. The summed E-state index contributed by atoms with van der Waals surface area (Å²) in [7, 11) is 0. The molecule has 0 aliphatic carbocycles. The minimum Gasteiger partial charge on any atom is -0.380 e. The molecule has 0 N–H and O–H groups in total. The molecular formula is C15H27N3O2S. The number of ether oxygens (including phenoxy) is 1. The van der Waals surface area contributed by atoms with Crippen molar-refractivity contribution < 1.29 is 9.53 Å². The van der Waals surface area contributed by atoms with Gasteiger partial charge in [0.2, 0.25) is 0 Å². The van der Waals surface area contributed by atoms with Gasteiger partial charge >= 0.3 is 6.03 Å². The van der Waals surface area contributed by atoms with Gasteiger partial charge in [-0.05, 0) is 19.3 Å². The summed E-state index contributed by atoms with van der Waals surface area (Å²) < 4.78 is 5.54. The van der Waals surface area contributed by atoms with Gasteiger partial charge in [0.15, 0.2) is 0 Å². The van der Waals surface area contributed by atoms with Crippen molar-refractivity contribution in [3.8, 4) is 0 Å². The fourth-order valence-electron chi connectivity index (χ4n) is 3.51. The summed E-state index contributed by atoms with van der Waals surface area (Å²) in [5.41, 5.74) is 0. The molecule has 3 saturated heterocycles. The van der Waals surface area contributed by atoms with Gasteiger partial charge in [0.25, 0.3) is 0 Å². The monoisotopic (exact) mass is 313 g/mol. The molecule has 3 aliphatic rings. The molecule has 0 saturated carbocycles. The summed E-state index contributed by atoms with van der Waals surface area (Å²) >= 11 is 1.95. The Bertz CT molecular complexity index is 334. The molecule has 0 radical (unpaired) electrons. The molecule has 5 nitrogen and oxygen atoms in total. The van der Waals surface area contributed by atoms with E-state index >= 15 is 0 Å². The van der Waals surface area contributed by atoms with E-state index in [9.17, 15) is 4.79 Å². The molecule has 0 spiro atoms. The SMILES string of the molecule is O=C(N1CCSCC1)N1CCC(N2CCCOCC2)CC1. The summed E-state index contributed by atoms with van der Waals surface area (Å²) in [6.45, 7) is 7.67. The number of hydrogen-bond donors (Lipinski definition) is 0. The summed E-state index contributed by atoms with van der Waals surface area (Å²) in [6, 6.07) is 0.917. The molecule has 3 heterocycles. The Hall–Kier alpha value is -0.460. The molecule has 0 unspecified atom stereocenters. The van der Waals surface area contributed by atoms with E-state index in [1.54, 1.807) is 0 Å². The van der Waals surface area contributed by atoms with Crippen molar-refractivity contribution in [1.82, 2.24) is 14.7 Å². The van der Waals surface area contributed by atoms with Gasteiger partial charge in [0.1, 0.15) is 0 Å². The number of rotatable bonds is 1. The minimum atomic E-state index is 0.271. The highest BCUT2D eigenvalue weighted by molar-refractivity contribution is 7.99. The van der Waals surface area contributed by atoms with Gasteiger partial charge in [-0.1, -0.05) is 0 Å². The molecule has 0 aromatic heterocycles. The molecule has 3 rings (SSSR count). The zero-order valence-corrected chi connectivity index (χ0v) is 13.7. The average molecular weight is 313 g/mol. The van der Waals surface area contributed by atoms with Crippen LogP contribution in [0, 0.1) is 0 Å². The molecule has 3 fully saturated rings. The highest BCUT2D eigenvalue weighted by atomic mass is 32.2. The van der Waals surface area contributed by atoms with Crippen molar-refractivity contribution in [2.75, 3.05) is 64.0 Å². The molecule has 21 heavy (non-hydrogen) atoms. The molecule has 0 bridgehead atoms. The van der Waals surface area contributed by atoms with Crippen LogP contribution in [0.1, 0.15) is 19.3 Å². The van der Waals surface area contributed by atoms with Crippen LogP contribution in [-0.4, -0.2) is 90.8 Å². The zero-order chi connectivity index (χ0) is 14.5. The lowest BCUT2D eigenvalue weighted by atomic mass is 10.0. The normalized spacial score (nSPS) is 26.7. The topological polar surface area (TPSA) is 36.0 Å². The van der Waals surface area contributed by atoms with Crippen LogP contribution in [0.15, 0.2) is 0 Å². The van der Waals surface area contributed by atoms with Crippen molar-refractivity contribution >= 4 is 17.8 Å². The van der Waals surface area contributed by atoms with Crippen LogP contribution >= 0.6 is 11.8 Å². The molecule has 0 aromatic carbocycles. The third kappa shape index (κ3) is 4.05. The third-order valence-corrected chi connectivity index (χ3v) is 5.73. The summed E-state index contributed by atoms with van der Waals surface area (Å²) in [5.74, 6) is 2.19. The number of carbonyl (C=O) groups is 1. The lowest BCUT2D eigenvalue weighted by Crippen LogP contribution is -2.52. The first-order valence-electron chi connectivity index (χ1n) is 8.28. The van der Waals surface area contributed by atoms with Crippen LogP contribution in [0.25, 0.3) is 0 Å². The lowest BCUT2D eigenvalue weighted by Gasteiger charge is -2.40. The van der Waals surface area contributed by atoms with Crippen LogP contribution in [0.5, 0.6) is 0 Å². The number of carbonyl (C=O) groups excluding carboxylic acids is 1. The Morgan fingerprint density at radius 2 is 1.62 bits per heavy atom. The molecule has 0 atom stereocenters. The minimum absolute atomic E-state index is 0.271. The second kappa shape index (κ2) is 7.70. The van der Waals surface area contributed by atoms with E-state index in [4.69, 9.17) is 4.74 Å². The molecule has 6 heteroatoms. The highest BCUT2D eigenvalue weighted by Gasteiger charge is 2.29. The molecule has 3 aliphatic heterocycles. The zero-order valence-electron chi connectivity index (χ0n) is 12.8. The molecule has 120 valence electrons. The summed E-state index contributed by atoms with van der Waals surface area (Å²) in [6.07, 6.45) is 3.38. The van der Waals surface area contributed by atoms with Crippen LogP contribution in [-0.2, 0) is 4.74 Å². The maximum atomic E-state index is 12.5. The third-order valence-electron chi connectivity index (χ3n) is 4.79. The van der Waals surface area contributed by atoms with Crippen molar-refractivity contribution in [3.63, 3.8) is 0 Å². The summed E-state index contributed by atoms with van der Waals surface area (Å²) in [5, 5.41) is 0. The van der Waals surface area contributed by atoms with Gasteiger partial charge in [0, 0.05) is 63.4 Å². The second-order valence-electron chi connectivity index (χ2n) is 6.10. The number of thioether (sulfide) groups is 1. The van der Waals surface area contributed by atoms with Crippen LogP contribution in [0.3, 0.4) is 0 Å². The van der Waals surface area contributed by atoms with E-state index in [0.717, 1.165) is 83.3 Å². The van der Waals surface area contributed by atoms with Gasteiger partial charge in [-0.15, -0.1) is 0 Å². The van der Waals surface area contributed by atoms with Gasteiger partial charge in [-0.25, -0.2) is 4.79 Å². The smallest absolute Gasteiger partial charge is 0.320 e.